The van der Waals surface area contributed by atoms with Crippen LogP contribution < -0.4 is 10.6 Å². The number of carbonyl (C=O) groups is 1. The number of nitrogens with zero attached hydrogens (tertiary/aromatic N) is 2. The molecule has 0 spiro atoms. The summed E-state index contributed by atoms with van der Waals surface area (Å²) in [6.45, 7) is 2.36. The number of halogens is 1. The topological polar surface area (TPSA) is 56.7 Å². The Morgan fingerprint density at radius 3 is 2.65 bits per heavy atom. The molecule has 144 valence electrons. The van der Waals surface area contributed by atoms with E-state index in [-0.39, 0.29) is 29.9 Å². The molecule has 26 heavy (non-hydrogen) atoms. The minimum absolute atomic E-state index is 0. The second kappa shape index (κ2) is 10.7. The summed E-state index contributed by atoms with van der Waals surface area (Å²) in [6.07, 6.45) is 8.14. The second-order valence-corrected chi connectivity index (χ2v) is 7.14. The van der Waals surface area contributed by atoms with Crippen molar-refractivity contribution in [2.24, 2.45) is 4.99 Å². The van der Waals surface area contributed by atoms with E-state index in [0.29, 0.717) is 12.5 Å². The zero-order chi connectivity index (χ0) is 17.5. The van der Waals surface area contributed by atoms with E-state index in [1.54, 1.807) is 0 Å². The zero-order valence-electron chi connectivity index (χ0n) is 15.7. The number of aliphatic imine (C=N–C) groups is 1. The van der Waals surface area contributed by atoms with E-state index in [4.69, 9.17) is 0 Å². The van der Waals surface area contributed by atoms with Gasteiger partial charge >= 0.3 is 0 Å². The van der Waals surface area contributed by atoms with Crippen molar-refractivity contribution in [1.82, 2.24) is 15.5 Å². The summed E-state index contributed by atoms with van der Waals surface area (Å²) in [5.41, 5.74) is 2.42. The van der Waals surface area contributed by atoms with Gasteiger partial charge in [-0.2, -0.15) is 0 Å². The lowest BCUT2D eigenvalue weighted by Gasteiger charge is -2.25. The number of rotatable bonds is 5. The van der Waals surface area contributed by atoms with Gasteiger partial charge in [-0.1, -0.05) is 43.5 Å². The molecule has 0 unspecified atom stereocenters. The molecule has 1 aliphatic carbocycles. The molecule has 0 atom stereocenters. The van der Waals surface area contributed by atoms with E-state index in [2.05, 4.69) is 39.9 Å². The molecule has 2 N–H and O–H groups in total. The largest absolute Gasteiger partial charge is 0.354 e. The summed E-state index contributed by atoms with van der Waals surface area (Å²) in [5.74, 6) is 1.16. The van der Waals surface area contributed by atoms with Crippen molar-refractivity contribution in [3.05, 3.63) is 35.4 Å². The number of carbonyl (C=O) groups excluding carboxylic acids is 1. The third-order valence-electron chi connectivity index (χ3n) is 5.17. The zero-order valence-corrected chi connectivity index (χ0v) is 18.0. The van der Waals surface area contributed by atoms with Gasteiger partial charge in [0.15, 0.2) is 5.96 Å². The Morgan fingerprint density at radius 2 is 1.96 bits per heavy atom. The lowest BCUT2D eigenvalue weighted by atomic mass is 9.96. The molecule has 5 nitrogen and oxygen atoms in total. The lowest BCUT2D eigenvalue weighted by molar-refractivity contribution is -0.128. The molecule has 1 heterocycles. The van der Waals surface area contributed by atoms with Gasteiger partial charge in [-0.25, -0.2) is 0 Å². The third kappa shape index (κ3) is 6.14. The second-order valence-electron chi connectivity index (χ2n) is 7.14. The predicted octanol–water partition coefficient (Wildman–Crippen LogP) is 3.42. The summed E-state index contributed by atoms with van der Waals surface area (Å²) < 4.78 is 0. The van der Waals surface area contributed by atoms with E-state index in [1.807, 2.05) is 11.9 Å². The number of benzene rings is 1. The first kappa shape index (κ1) is 21.0. The number of guanidine groups is 1. The monoisotopic (exact) mass is 470 g/mol. The van der Waals surface area contributed by atoms with Crippen molar-refractivity contribution in [3.63, 3.8) is 0 Å². The molecular formula is C20H31IN4O. The highest BCUT2D eigenvalue weighted by molar-refractivity contribution is 14.0. The maximum absolute atomic E-state index is 11.8. The van der Waals surface area contributed by atoms with Crippen LogP contribution in [0.15, 0.2) is 29.3 Å². The number of hydrogen-bond acceptors (Lipinski definition) is 2. The van der Waals surface area contributed by atoms with Gasteiger partial charge in [0.1, 0.15) is 0 Å². The van der Waals surface area contributed by atoms with Crippen LogP contribution in [-0.4, -0.2) is 36.4 Å². The summed E-state index contributed by atoms with van der Waals surface area (Å²) in [5, 5.41) is 6.96. The molecular weight excluding hydrogens is 439 g/mol. The van der Waals surface area contributed by atoms with Gasteiger partial charge in [0.2, 0.25) is 5.91 Å². The number of likely N-dealkylation sites (tertiary alicyclic amines) is 1. The Hall–Kier alpha value is -1.31. The van der Waals surface area contributed by atoms with E-state index in [1.165, 1.54) is 43.2 Å². The van der Waals surface area contributed by atoms with E-state index in [9.17, 15) is 4.79 Å². The van der Waals surface area contributed by atoms with Gasteiger partial charge in [0.05, 0.1) is 0 Å². The molecule has 1 saturated heterocycles. The summed E-state index contributed by atoms with van der Waals surface area (Å²) in [4.78, 5) is 18.1. The number of nitrogens with one attached hydrogen (secondary N) is 2. The number of hydrogen-bond donors (Lipinski definition) is 2. The van der Waals surface area contributed by atoms with Crippen molar-refractivity contribution in [3.8, 4) is 0 Å². The van der Waals surface area contributed by atoms with Crippen molar-refractivity contribution in [2.45, 2.75) is 64.1 Å². The van der Waals surface area contributed by atoms with Crippen molar-refractivity contribution in [2.75, 3.05) is 13.6 Å². The Morgan fingerprint density at radius 1 is 1.19 bits per heavy atom. The maximum atomic E-state index is 11.8. The molecule has 6 heteroatoms. The fourth-order valence-corrected chi connectivity index (χ4v) is 3.75. The van der Waals surface area contributed by atoms with Crippen LogP contribution in [0.2, 0.25) is 0 Å². The SMILES string of the molecule is CN=C(NCc1cccc(CN2CCCC2=O)c1)NC1CCCCC1.I. The lowest BCUT2D eigenvalue weighted by Crippen LogP contribution is -2.43. The summed E-state index contributed by atoms with van der Waals surface area (Å²) in [6, 6.07) is 9.03. The average molecular weight is 470 g/mol. The minimum Gasteiger partial charge on any atom is -0.354 e. The third-order valence-corrected chi connectivity index (χ3v) is 5.17. The van der Waals surface area contributed by atoms with Crippen LogP contribution in [0.5, 0.6) is 0 Å². The van der Waals surface area contributed by atoms with Crippen molar-refractivity contribution < 1.29 is 4.79 Å². The molecule has 2 fully saturated rings. The first-order valence-corrected chi connectivity index (χ1v) is 9.57. The van der Waals surface area contributed by atoms with Gasteiger partial charge in [-0.15, -0.1) is 24.0 Å². The maximum Gasteiger partial charge on any atom is 0.222 e. The Balaban J connectivity index is 0.00000243. The van der Waals surface area contributed by atoms with Gasteiger partial charge in [0.25, 0.3) is 0 Å². The molecule has 1 aliphatic heterocycles. The minimum atomic E-state index is 0. The van der Waals surface area contributed by atoms with Gasteiger partial charge in [0, 0.05) is 39.1 Å². The first-order chi connectivity index (χ1) is 12.2. The quantitative estimate of drug-likeness (QED) is 0.394. The highest BCUT2D eigenvalue weighted by Gasteiger charge is 2.20. The average Bonchev–Trinajstić information content (AvgIpc) is 3.04. The molecule has 1 aromatic rings. The van der Waals surface area contributed by atoms with Crippen LogP contribution in [0, 0.1) is 0 Å². The highest BCUT2D eigenvalue weighted by atomic mass is 127. The molecule has 2 aliphatic rings. The molecule has 0 radical (unpaired) electrons. The standard InChI is InChI=1S/C20H30N4O.HI/c1-21-20(23-18-9-3-2-4-10-18)22-14-16-7-5-8-17(13-16)15-24-12-6-11-19(24)25;/h5,7-8,13,18H,2-4,6,9-12,14-15H2,1H3,(H2,21,22,23);1H. The Bertz CT molecular complexity index is 614. The van der Waals surface area contributed by atoms with Crippen LogP contribution in [0.3, 0.4) is 0 Å². The van der Waals surface area contributed by atoms with Gasteiger partial charge in [-0.05, 0) is 30.4 Å². The normalized spacial score (nSPS) is 18.6. The molecule has 1 amide bonds. The van der Waals surface area contributed by atoms with Gasteiger partial charge in [-0.3, -0.25) is 9.79 Å². The van der Waals surface area contributed by atoms with Crippen molar-refractivity contribution >= 4 is 35.8 Å². The fraction of sp³-hybridized carbons (Fsp3) is 0.600. The van der Waals surface area contributed by atoms with Crippen LogP contribution in [0.4, 0.5) is 0 Å². The fourth-order valence-electron chi connectivity index (χ4n) is 3.75. The number of amides is 1. The summed E-state index contributed by atoms with van der Waals surface area (Å²) in [7, 11) is 1.83. The highest BCUT2D eigenvalue weighted by Crippen LogP contribution is 2.17. The summed E-state index contributed by atoms with van der Waals surface area (Å²) >= 11 is 0. The first-order valence-electron chi connectivity index (χ1n) is 9.57. The van der Waals surface area contributed by atoms with Crippen LogP contribution in [0.25, 0.3) is 0 Å². The van der Waals surface area contributed by atoms with E-state index < -0.39 is 0 Å². The van der Waals surface area contributed by atoms with Crippen LogP contribution in [0.1, 0.15) is 56.1 Å². The van der Waals surface area contributed by atoms with Crippen molar-refractivity contribution in [1.29, 1.82) is 0 Å². The molecule has 0 bridgehead atoms. The molecule has 3 rings (SSSR count). The van der Waals surface area contributed by atoms with E-state index in [0.717, 1.165) is 32.0 Å². The smallest absolute Gasteiger partial charge is 0.222 e. The Labute approximate surface area is 174 Å². The molecule has 1 aromatic carbocycles. The van der Waals surface area contributed by atoms with E-state index >= 15 is 0 Å². The molecule has 0 aromatic heterocycles. The van der Waals surface area contributed by atoms with Crippen LogP contribution >= 0.6 is 24.0 Å². The Kier molecular flexibility index (Phi) is 8.68. The van der Waals surface area contributed by atoms with Crippen LogP contribution in [-0.2, 0) is 17.9 Å². The predicted molar refractivity (Wildman–Crippen MR) is 117 cm³/mol. The van der Waals surface area contributed by atoms with Gasteiger partial charge < -0.3 is 15.5 Å². The molecule has 1 saturated carbocycles.